The van der Waals surface area contributed by atoms with E-state index in [4.69, 9.17) is 5.11 Å². The van der Waals surface area contributed by atoms with Crippen LogP contribution in [0.1, 0.15) is 36.3 Å². The summed E-state index contributed by atoms with van der Waals surface area (Å²) in [6.07, 6.45) is -3.05. The first-order chi connectivity index (χ1) is 8.39. The highest BCUT2D eigenvalue weighted by atomic mass is 19.4. The molecule has 1 atom stereocenters. The maximum Gasteiger partial charge on any atom is 0.416 e. The summed E-state index contributed by atoms with van der Waals surface area (Å²) in [6.45, 7) is 0. The lowest BCUT2D eigenvalue weighted by Crippen LogP contribution is -2.15. The summed E-state index contributed by atoms with van der Waals surface area (Å²) in [4.78, 5) is 10.8. The average molecular weight is 258 g/mol. The van der Waals surface area contributed by atoms with Crippen LogP contribution in [0.4, 0.5) is 13.2 Å². The van der Waals surface area contributed by atoms with Gasteiger partial charge in [0.1, 0.15) is 0 Å². The molecule has 98 valence electrons. The van der Waals surface area contributed by atoms with Gasteiger partial charge in [0.05, 0.1) is 12.0 Å². The van der Waals surface area contributed by atoms with Crippen LogP contribution in [-0.2, 0) is 11.0 Å². The van der Waals surface area contributed by atoms with E-state index < -0.39 is 23.6 Å². The van der Waals surface area contributed by atoms with Gasteiger partial charge >= 0.3 is 12.1 Å². The molecule has 1 aliphatic rings. The molecule has 1 saturated carbocycles. The maximum absolute atomic E-state index is 12.9. The Hall–Kier alpha value is -1.52. The third-order valence-corrected chi connectivity index (χ3v) is 3.25. The number of rotatable bonds is 4. The monoisotopic (exact) mass is 258 g/mol. The molecule has 0 radical (unpaired) electrons. The Morgan fingerprint density at radius 2 is 1.94 bits per heavy atom. The van der Waals surface area contributed by atoms with Crippen molar-refractivity contribution in [3.8, 4) is 0 Å². The predicted octanol–water partition coefficient (Wildman–Crippen LogP) is 3.67. The van der Waals surface area contributed by atoms with Crippen molar-refractivity contribution in [1.29, 1.82) is 0 Å². The summed E-state index contributed by atoms with van der Waals surface area (Å²) in [7, 11) is 0. The molecule has 0 bridgehead atoms. The van der Waals surface area contributed by atoms with E-state index >= 15 is 0 Å². The molecular formula is C13H13F3O2. The van der Waals surface area contributed by atoms with E-state index in [0.717, 1.165) is 18.9 Å². The summed E-state index contributed by atoms with van der Waals surface area (Å²) in [5.74, 6) is -1.51. The van der Waals surface area contributed by atoms with Gasteiger partial charge in [-0.2, -0.15) is 13.2 Å². The van der Waals surface area contributed by atoms with Gasteiger partial charge in [0, 0.05) is 0 Å². The standard InChI is InChI=1S/C13H13F3O2/c14-13(15,16)11-4-2-1-3-9(11)10(7-12(17)18)8-5-6-8/h1-4,8,10H,5-7H2,(H,17,18). The molecule has 2 rings (SSSR count). The van der Waals surface area contributed by atoms with Gasteiger partial charge in [0.15, 0.2) is 0 Å². The molecular weight excluding hydrogens is 245 g/mol. The lowest BCUT2D eigenvalue weighted by atomic mass is 9.87. The van der Waals surface area contributed by atoms with Gasteiger partial charge in [-0.15, -0.1) is 0 Å². The van der Waals surface area contributed by atoms with E-state index in [-0.39, 0.29) is 17.9 Å². The minimum Gasteiger partial charge on any atom is -0.481 e. The van der Waals surface area contributed by atoms with Crippen molar-refractivity contribution in [2.75, 3.05) is 0 Å². The second-order valence-electron chi connectivity index (χ2n) is 4.63. The Kier molecular flexibility index (Phi) is 3.32. The third kappa shape index (κ3) is 2.83. The number of hydrogen-bond acceptors (Lipinski definition) is 1. The second kappa shape index (κ2) is 4.63. The van der Waals surface area contributed by atoms with Crippen LogP contribution in [0.2, 0.25) is 0 Å². The van der Waals surface area contributed by atoms with Gasteiger partial charge in [-0.25, -0.2) is 0 Å². The van der Waals surface area contributed by atoms with Gasteiger partial charge in [-0.1, -0.05) is 18.2 Å². The summed E-state index contributed by atoms with van der Waals surface area (Å²) < 4.78 is 38.6. The van der Waals surface area contributed by atoms with Crippen LogP contribution in [0.5, 0.6) is 0 Å². The topological polar surface area (TPSA) is 37.3 Å². The van der Waals surface area contributed by atoms with E-state index in [2.05, 4.69) is 0 Å². The largest absolute Gasteiger partial charge is 0.481 e. The molecule has 1 aliphatic carbocycles. The van der Waals surface area contributed by atoms with Crippen molar-refractivity contribution < 1.29 is 23.1 Å². The number of alkyl halides is 3. The number of carbonyl (C=O) groups is 1. The fourth-order valence-corrected chi connectivity index (χ4v) is 2.30. The van der Waals surface area contributed by atoms with Crippen LogP contribution >= 0.6 is 0 Å². The Bertz CT molecular complexity index is 450. The van der Waals surface area contributed by atoms with Crippen molar-refractivity contribution >= 4 is 5.97 Å². The highest BCUT2D eigenvalue weighted by molar-refractivity contribution is 5.68. The number of aliphatic carboxylic acids is 1. The van der Waals surface area contributed by atoms with Crippen molar-refractivity contribution in [2.24, 2.45) is 5.92 Å². The quantitative estimate of drug-likeness (QED) is 0.894. The van der Waals surface area contributed by atoms with Gasteiger partial charge in [0.25, 0.3) is 0 Å². The molecule has 1 aromatic carbocycles. The predicted molar refractivity (Wildman–Crippen MR) is 59.2 cm³/mol. The number of carboxylic acid groups (broad SMARTS) is 1. The van der Waals surface area contributed by atoms with E-state index in [1.54, 1.807) is 0 Å². The normalized spacial score (nSPS) is 17.5. The van der Waals surface area contributed by atoms with Crippen LogP contribution < -0.4 is 0 Å². The molecule has 1 unspecified atom stereocenters. The molecule has 0 aromatic heterocycles. The summed E-state index contributed by atoms with van der Waals surface area (Å²) in [5.41, 5.74) is -0.585. The molecule has 1 aromatic rings. The van der Waals surface area contributed by atoms with E-state index in [0.29, 0.717) is 0 Å². The van der Waals surface area contributed by atoms with Crippen LogP contribution in [0.3, 0.4) is 0 Å². The molecule has 5 heteroatoms. The lowest BCUT2D eigenvalue weighted by Gasteiger charge is -2.20. The van der Waals surface area contributed by atoms with E-state index in [1.165, 1.54) is 18.2 Å². The molecule has 0 aliphatic heterocycles. The fraction of sp³-hybridized carbons (Fsp3) is 0.462. The number of hydrogen-bond donors (Lipinski definition) is 1. The SMILES string of the molecule is O=C(O)CC(c1ccccc1C(F)(F)F)C1CC1. The zero-order valence-electron chi connectivity index (χ0n) is 9.57. The van der Waals surface area contributed by atoms with Crippen LogP contribution in [0, 0.1) is 5.92 Å². The average Bonchev–Trinajstić information content (AvgIpc) is 3.08. The number of halogens is 3. The zero-order valence-corrected chi connectivity index (χ0v) is 9.57. The minimum atomic E-state index is -4.43. The third-order valence-electron chi connectivity index (χ3n) is 3.25. The Morgan fingerprint density at radius 1 is 1.33 bits per heavy atom. The van der Waals surface area contributed by atoms with Crippen LogP contribution in [0.25, 0.3) is 0 Å². The highest BCUT2D eigenvalue weighted by Gasteiger charge is 2.40. The Morgan fingerprint density at radius 3 is 2.44 bits per heavy atom. The van der Waals surface area contributed by atoms with Crippen molar-refractivity contribution in [1.82, 2.24) is 0 Å². The minimum absolute atomic E-state index is 0.0737. The highest BCUT2D eigenvalue weighted by Crippen LogP contribution is 2.47. The zero-order chi connectivity index (χ0) is 13.3. The Labute approximate surface area is 102 Å². The molecule has 18 heavy (non-hydrogen) atoms. The molecule has 0 saturated heterocycles. The van der Waals surface area contributed by atoms with Crippen molar-refractivity contribution in [3.05, 3.63) is 35.4 Å². The van der Waals surface area contributed by atoms with Crippen LogP contribution in [-0.4, -0.2) is 11.1 Å². The Balaban J connectivity index is 2.38. The van der Waals surface area contributed by atoms with Gasteiger partial charge in [-0.3, -0.25) is 4.79 Å². The van der Waals surface area contributed by atoms with Crippen molar-refractivity contribution in [2.45, 2.75) is 31.4 Å². The molecule has 1 N–H and O–H groups in total. The van der Waals surface area contributed by atoms with Gasteiger partial charge < -0.3 is 5.11 Å². The molecule has 1 fully saturated rings. The molecule has 2 nitrogen and oxygen atoms in total. The molecule has 0 amide bonds. The first kappa shape index (κ1) is 12.9. The van der Waals surface area contributed by atoms with Crippen molar-refractivity contribution in [3.63, 3.8) is 0 Å². The number of carboxylic acids is 1. The first-order valence-electron chi connectivity index (χ1n) is 5.77. The smallest absolute Gasteiger partial charge is 0.416 e. The fourth-order valence-electron chi connectivity index (χ4n) is 2.30. The summed E-state index contributed by atoms with van der Waals surface area (Å²) in [5, 5.41) is 8.83. The second-order valence-corrected chi connectivity index (χ2v) is 4.63. The summed E-state index contributed by atoms with van der Waals surface area (Å²) in [6, 6.07) is 5.28. The first-order valence-corrected chi connectivity index (χ1v) is 5.77. The summed E-state index contributed by atoms with van der Waals surface area (Å²) >= 11 is 0. The van der Waals surface area contributed by atoms with Gasteiger partial charge in [0.2, 0.25) is 0 Å². The maximum atomic E-state index is 12.9. The van der Waals surface area contributed by atoms with E-state index in [1.807, 2.05) is 0 Å². The van der Waals surface area contributed by atoms with Crippen LogP contribution in [0.15, 0.2) is 24.3 Å². The van der Waals surface area contributed by atoms with Gasteiger partial charge in [-0.05, 0) is 36.3 Å². The molecule has 0 heterocycles. The number of benzene rings is 1. The van der Waals surface area contributed by atoms with E-state index in [9.17, 15) is 18.0 Å². The molecule has 0 spiro atoms. The lowest BCUT2D eigenvalue weighted by molar-refractivity contribution is -0.140.